The molecule has 2 aromatic rings. The van der Waals surface area contributed by atoms with E-state index < -0.39 is 10.0 Å². The average Bonchev–Trinajstić information content (AvgIpc) is 2.88. The fraction of sp³-hybridized carbons (Fsp3) is 0.526. The lowest BCUT2D eigenvalue weighted by atomic mass is 10.1. The molecule has 1 aromatic heterocycles. The number of quaternary nitrogens is 1. The number of hydrogen-bond acceptors (Lipinski definition) is 4. The first kappa shape index (κ1) is 20.0. The summed E-state index contributed by atoms with van der Waals surface area (Å²) in [6.45, 7) is 9.41. The Balaban J connectivity index is 1.90. The smallest absolute Gasteiger partial charge is 0.245 e. The number of aryl methyl sites for hydroxylation is 3. The van der Waals surface area contributed by atoms with Crippen molar-refractivity contribution in [1.82, 2.24) is 14.5 Å². The summed E-state index contributed by atoms with van der Waals surface area (Å²) in [6.07, 6.45) is 0. The molecule has 27 heavy (non-hydrogen) atoms. The van der Waals surface area contributed by atoms with Crippen LogP contribution in [0.5, 0.6) is 0 Å². The van der Waals surface area contributed by atoms with Gasteiger partial charge < -0.3 is 9.64 Å². The van der Waals surface area contributed by atoms with Crippen molar-refractivity contribution < 1.29 is 18.1 Å². The molecular weight excluding hydrogens is 364 g/mol. The summed E-state index contributed by atoms with van der Waals surface area (Å²) in [5.74, 6) is 0. The van der Waals surface area contributed by atoms with E-state index in [9.17, 15) is 8.42 Å². The molecule has 148 valence electrons. The van der Waals surface area contributed by atoms with Gasteiger partial charge in [0.2, 0.25) is 10.0 Å². The summed E-state index contributed by atoms with van der Waals surface area (Å²) in [5.41, 5.74) is 3.28. The van der Waals surface area contributed by atoms with E-state index >= 15 is 0 Å². The Morgan fingerprint density at radius 1 is 1.19 bits per heavy atom. The van der Waals surface area contributed by atoms with Crippen LogP contribution in [0.4, 0.5) is 0 Å². The minimum Gasteiger partial charge on any atom is -0.370 e. The molecule has 0 spiro atoms. The van der Waals surface area contributed by atoms with Crippen molar-refractivity contribution in [2.24, 2.45) is 7.05 Å². The molecule has 0 aliphatic carbocycles. The summed E-state index contributed by atoms with van der Waals surface area (Å²) in [5, 5.41) is 4.26. The number of ether oxygens (including phenoxy) is 1. The number of nitrogens with one attached hydrogen (secondary N) is 2. The van der Waals surface area contributed by atoms with Crippen molar-refractivity contribution in [3.63, 3.8) is 0 Å². The Morgan fingerprint density at radius 3 is 2.37 bits per heavy atom. The van der Waals surface area contributed by atoms with Gasteiger partial charge in [0.05, 0.1) is 37.2 Å². The molecule has 1 saturated heterocycles. The molecule has 1 aromatic carbocycles. The maximum atomic E-state index is 13.2. The molecule has 0 saturated carbocycles. The zero-order chi connectivity index (χ0) is 19.6. The van der Waals surface area contributed by atoms with Crippen molar-refractivity contribution in [3.05, 3.63) is 46.8 Å². The van der Waals surface area contributed by atoms with Gasteiger partial charge in [-0.3, -0.25) is 4.68 Å². The zero-order valence-electron chi connectivity index (χ0n) is 16.4. The van der Waals surface area contributed by atoms with Crippen LogP contribution in [0.3, 0.4) is 0 Å². The molecule has 8 heteroatoms. The van der Waals surface area contributed by atoms with E-state index in [1.165, 1.54) is 4.90 Å². The standard InChI is InChI=1S/C19H28N4O3S/c1-14-5-7-17(8-6-14)18(13-23-9-11-26-12-10-23)21-27(24,25)19-15(2)20-22(4)16(19)3/h5-8,18,21H,9-13H2,1-4H3/p+1/t18-/m1/s1. The van der Waals surface area contributed by atoms with Crippen molar-refractivity contribution in [3.8, 4) is 0 Å². The van der Waals surface area contributed by atoms with Crippen LogP contribution in [0.1, 0.15) is 28.6 Å². The van der Waals surface area contributed by atoms with E-state index in [2.05, 4.69) is 9.82 Å². The number of hydrogen-bond donors (Lipinski definition) is 2. The Kier molecular flexibility index (Phi) is 6.00. The van der Waals surface area contributed by atoms with Crippen LogP contribution >= 0.6 is 0 Å². The van der Waals surface area contributed by atoms with Gasteiger partial charge in [-0.2, -0.15) is 9.82 Å². The van der Waals surface area contributed by atoms with Gasteiger partial charge in [0, 0.05) is 7.05 Å². The normalized spacial score (nSPS) is 17.2. The second-order valence-electron chi connectivity index (χ2n) is 7.27. The molecule has 2 heterocycles. The Morgan fingerprint density at radius 2 is 1.81 bits per heavy atom. The maximum absolute atomic E-state index is 13.2. The highest BCUT2D eigenvalue weighted by Gasteiger charge is 2.30. The highest BCUT2D eigenvalue weighted by Crippen LogP contribution is 2.22. The van der Waals surface area contributed by atoms with Crippen molar-refractivity contribution in [1.29, 1.82) is 0 Å². The minimum absolute atomic E-state index is 0.277. The SMILES string of the molecule is Cc1ccc([C@@H](C[NH+]2CCOCC2)NS(=O)(=O)c2c(C)nn(C)c2C)cc1. The molecule has 0 amide bonds. The molecule has 1 aliphatic heterocycles. The molecule has 0 unspecified atom stereocenters. The predicted molar refractivity (Wildman–Crippen MR) is 103 cm³/mol. The van der Waals surface area contributed by atoms with Crippen molar-refractivity contribution in [2.45, 2.75) is 31.7 Å². The summed E-state index contributed by atoms with van der Waals surface area (Å²) < 4.78 is 36.4. The van der Waals surface area contributed by atoms with Crippen LogP contribution in [0.2, 0.25) is 0 Å². The lowest BCUT2D eigenvalue weighted by molar-refractivity contribution is -0.909. The number of sulfonamides is 1. The van der Waals surface area contributed by atoms with Gasteiger partial charge >= 0.3 is 0 Å². The monoisotopic (exact) mass is 393 g/mol. The molecule has 1 fully saturated rings. The van der Waals surface area contributed by atoms with E-state index in [0.717, 1.165) is 24.2 Å². The van der Waals surface area contributed by atoms with Crippen molar-refractivity contribution >= 4 is 10.0 Å². The largest absolute Gasteiger partial charge is 0.370 e. The summed E-state index contributed by atoms with van der Waals surface area (Å²) in [7, 11) is -1.93. The fourth-order valence-electron chi connectivity index (χ4n) is 3.57. The molecule has 2 N–H and O–H groups in total. The summed E-state index contributed by atoms with van der Waals surface area (Å²) >= 11 is 0. The van der Waals surface area contributed by atoms with Crippen LogP contribution in [0, 0.1) is 20.8 Å². The van der Waals surface area contributed by atoms with Gasteiger partial charge in [0.1, 0.15) is 18.0 Å². The topological polar surface area (TPSA) is 77.7 Å². The van der Waals surface area contributed by atoms with E-state index in [4.69, 9.17) is 4.74 Å². The number of aromatic nitrogens is 2. The molecule has 7 nitrogen and oxygen atoms in total. The Bertz CT molecular complexity index is 884. The van der Waals surface area contributed by atoms with Gasteiger partial charge in [-0.05, 0) is 26.3 Å². The third kappa shape index (κ3) is 4.57. The first-order valence-electron chi connectivity index (χ1n) is 9.28. The van der Waals surface area contributed by atoms with E-state index in [0.29, 0.717) is 31.1 Å². The minimum atomic E-state index is -3.69. The lowest BCUT2D eigenvalue weighted by Gasteiger charge is -2.28. The van der Waals surface area contributed by atoms with Gasteiger partial charge in [-0.15, -0.1) is 0 Å². The van der Waals surface area contributed by atoms with E-state index in [-0.39, 0.29) is 10.9 Å². The Hall–Kier alpha value is -1.74. The van der Waals surface area contributed by atoms with Crippen LogP contribution < -0.4 is 9.62 Å². The molecule has 0 bridgehead atoms. The zero-order valence-corrected chi connectivity index (χ0v) is 17.3. The Labute approximate surface area is 161 Å². The quantitative estimate of drug-likeness (QED) is 0.739. The van der Waals surface area contributed by atoms with E-state index in [1.807, 2.05) is 31.2 Å². The second-order valence-corrected chi connectivity index (χ2v) is 8.93. The first-order valence-corrected chi connectivity index (χ1v) is 10.8. The third-order valence-corrected chi connectivity index (χ3v) is 6.90. The van der Waals surface area contributed by atoms with E-state index in [1.54, 1.807) is 25.6 Å². The lowest BCUT2D eigenvalue weighted by Crippen LogP contribution is -3.14. The van der Waals surface area contributed by atoms with Gasteiger partial charge in [0.25, 0.3) is 0 Å². The third-order valence-electron chi connectivity index (χ3n) is 5.18. The molecule has 3 rings (SSSR count). The summed E-state index contributed by atoms with van der Waals surface area (Å²) in [6, 6.07) is 7.75. The fourth-order valence-corrected chi connectivity index (χ4v) is 5.23. The molecule has 1 aliphatic rings. The number of rotatable bonds is 6. The van der Waals surface area contributed by atoms with Gasteiger partial charge in [-0.1, -0.05) is 29.8 Å². The summed E-state index contributed by atoms with van der Waals surface area (Å²) in [4.78, 5) is 1.62. The highest BCUT2D eigenvalue weighted by atomic mass is 32.2. The van der Waals surface area contributed by atoms with Crippen LogP contribution in [0.15, 0.2) is 29.2 Å². The van der Waals surface area contributed by atoms with Crippen LogP contribution in [-0.2, 0) is 21.8 Å². The van der Waals surface area contributed by atoms with Crippen molar-refractivity contribution in [2.75, 3.05) is 32.8 Å². The number of benzene rings is 1. The van der Waals surface area contributed by atoms with Gasteiger partial charge in [-0.25, -0.2) is 8.42 Å². The van der Waals surface area contributed by atoms with Gasteiger partial charge in [0.15, 0.2) is 0 Å². The van der Waals surface area contributed by atoms with Crippen LogP contribution in [0.25, 0.3) is 0 Å². The van der Waals surface area contributed by atoms with Crippen LogP contribution in [-0.4, -0.2) is 51.0 Å². The molecular formula is C19H29N4O3S+. The number of nitrogens with zero attached hydrogens (tertiary/aromatic N) is 2. The molecule has 0 radical (unpaired) electrons. The first-order chi connectivity index (χ1) is 12.8. The number of morpholine rings is 1. The predicted octanol–water partition coefficient (Wildman–Crippen LogP) is 0.280. The average molecular weight is 394 g/mol. The molecule has 1 atom stereocenters. The second kappa shape index (κ2) is 8.10. The maximum Gasteiger partial charge on any atom is 0.245 e. The highest BCUT2D eigenvalue weighted by molar-refractivity contribution is 7.89.